The van der Waals surface area contributed by atoms with Crippen molar-refractivity contribution in [3.05, 3.63) is 99.2 Å². The number of nitrogens with zero attached hydrogens (tertiary/aromatic N) is 1. The molecular weight excluding hydrogens is 481 g/mol. The third-order valence-corrected chi connectivity index (χ3v) is 6.58. The van der Waals surface area contributed by atoms with Crippen LogP contribution in [0.25, 0.3) is 6.08 Å². The van der Waals surface area contributed by atoms with E-state index in [0.717, 1.165) is 16.9 Å². The van der Waals surface area contributed by atoms with Gasteiger partial charge in [-0.05, 0) is 59.2 Å². The molecule has 0 aromatic heterocycles. The lowest BCUT2D eigenvalue weighted by Crippen LogP contribution is -2.27. The van der Waals surface area contributed by atoms with Crippen LogP contribution in [-0.2, 0) is 17.9 Å². The first kappa shape index (κ1) is 23.3. The minimum absolute atomic E-state index is 0.150. The first-order valence-electron chi connectivity index (χ1n) is 9.98. The fourth-order valence-electron chi connectivity index (χ4n) is 3.21. The topological polar surface area (TPSA) is 38.8 Å². The second kappa shape index (κ2) is 10.4. The second-order valence-electron chi connectivity index (χ2n) is 7.22. The minimum Gasteiger partial charge on any atom is -0.497 e. The van der Waals surface area contributed by atoms with Crippen LogP contribution in [0.5, 0.6) is 11.5 Å². The van der Waals surface area contributed by atoms with Gasteiger partial charge in [0.1, 0.15) is 28.2 Å². The summed E-state index contributed by atoms with van der Waals surface area (Å²) in [5, 5.41) is 0.397. The van der Waals surface area contributed by atoms with Gasteiger partial charge in [0.25, 0.3) is 5.91 Å². The van der Waals surface area contributed by atoms with E-state index < -0.39 is 0 Å². The number of carbonyl (C=O) groups excluding carboxylic acids is 1. The van der Waals surface area contributed by atoms with Gasteiger partial charge in [0.15, 0.2) is 0 Å². The molecule has 8 heteroatoms. The number of carbonyl (C=O) groups is 1. The van der Waals surface area contributed by atoms with E-state index in [1.165, 1.54) is 23.9 Å². The maximum Gasteiger partial charge on any atom is 0.266 e. The van der Waals surface area contributed by atoms with Crippen LogP contribution in [0.15, 0.2) is 71.6 Å². The molecule has 0 spiro atoms. The highest BCUT2D eigenvalue weighted by Crippen LogP contribution is 2.35. The average Bonchev–Trinajstić information content (AvgIpc) is 3.06. The normalized spacial score (nSPS) is 14.8. The lowest BCUT2D eigenvalue weighted by Gasteiger charge is -2.14. The van der Waals surface area contributed by atoms with Crippen molar-refractivity contribution in [2.75, 3.05) is 7.11 Å². The zero-order valence-corrected chi connectivity index (χ0v) is 20.0. The summed E-state index contributed by atoms with van der Waals surface area (Å²) >= 11 is 13.1. The Morgan fingerprint density at radius 2 is 1.88 bits per heavy atom. The Balaban J connectivity index is 1.44. The van der Waals surface area contributed by atoms with E-state index in [1.54, 1.807) is 42.4 Å². The number of hydrogen-bond donors (Lipinski definition) is 0. The number of rotatable bonds is 7. The summed E-state index contributed by atoms with van der Waals surface area (Å²) in [6.45, 7) is 0.584. The van der Waals surface area contributed by atoms with Crippen molar-refractivity contribution < 1.29 is 18.7 Å². The molecule has 1 fully saturated rings. The van der Waals surface area contributed by atoms with Gasteiger partial charge in [0.05, 0.1) is 23.6 Å². The number of halogens is 2. The Kier molecular flexibility index (Phi) is 7.33. The standard InChI is InChI=1S/C25H19ClFNO3S2/c1-30-20-8-5-16(6-9-20)14-28-24(29)23(33-25(28)32)13-17-7-10-22(21(26)12-17)31-15-18-3-2-4-19(27)11-18/h2-13H,14-15H2,1H3. The highest BCUT2D eigenvalue weighted by atomic mass is 35.5. The first-order valence-corrected chi connectivity index (χ1v) is 11.6. The van der Waals surface area contributed by atoms with Crippen molar-refractivity contribution >= 4 is 51.9 Å². The third kappa shape index (κ3) is 5.74. The molecule has 33 heavy (non-hydrogen) atoms. The highest BCUT2D eigenvalue weighted by Gasteiger charge is 2.32. The van der Waals surface area contributed by atoms with Crippen LogP contribution in [0.2, 0.25) is 5.02 Å². The second-order valence-corrected chi connectivity index (χ2v) is 9.31. The number of thioether (sulfide) groups is 1. The largest absolute Gasteiger partial charge is 0.497 e. The molecule has 3 aromatic carbocycles. The lowest BCUT2D eigenvalue weighted by atomic mass is 10.2. The monoisotopic (exact) mass is 499 g/mol. The first-order chi connectivity index (χ1) is 15.9. The molecule has 0 atom stereocenters. The van der Waals surface area contributed by atoms with Crippen LogP contribution in [-0.4, -0.2) is 22.2 Å². The van der Waals surface area contributed by atoms with Crippen LogP contribution in [0, 0.1) is 5.82 Å². The number of ether oxygens (including phenoxy) is 2. The van der Waals surface area contributed by atoms with E-state index >= 15 is 0 Å². The van der Waals surface area contributed by atoms with Crippen LogP contribution in [0.4, 0.5) is 4.39 Å². The number of methoxy groups -OCH3 is 1. The van der Waals surface area contributed by atoms with E-state index in [9.17, 15) is 9.18 Å². The molecule has 0 N–H and O–H groups in total. The summed E-state index contributed by atoms with van der Waals surface area (Å²) in [5.74, 6) is 0.764. The van der Waals surface area contributed by atoms with Crippen molar-refractivity contribution in [2.45, 2.75) is 13.2 Å². The zero-order valence-electron chi connectivity index (χ0n) is 17.6. The molecule has 168 valence electrons. The molecule has 0 radical (unpaired) electrons. The third-order valence-electron chi connectivity index (χ3n) is 4.91. The molecule has 4 rings (SSSR count). The Bertz CT molecular complexity index is 1230. The van der Waals surface area contributed by atoms with Gasteiger partial charge in [0.2, 0.25) is 0 Å². The summed E-state index contributed by atoms with van der Waals surface area (Å²) in [6, 6.07) is 19.0. The van der Waals surface area contributed by atoms with Crippen molar-refractivity contribution in [1.82, 2.24) is 4.90 Å². The average molecular weight is 500 g/mol. The number of thiocarbonyl (C=S) groups is 1. The maximum absolute atomic E-state index is 13.3. The Morgan fingerprint density at radius 1 is 1.09 bits per heavy atom. The summed E-state index contributed by atoms with van der Waals surface area (Å²) in [4.78, 5) is 15.0. The fraction of sp³-hybridized carbons (Fsp3) is 0.120. The van der Waals surface area contributed by atoms with Crippen molar-refractivity contribution in [3.8, 4) is 11.5 Å². The molecule has 0 aliphatic carbocycles. The van der Waals surface area contributed by atoms with E-state index in [1.807, 2.05) is 30.3 Å². The van der Waals surface area contributed by atoms with E-state index in [4.69, 9.17) is 33.3 Å². The Morgan fingerprint density at radius 3 is 2.58 bits per heavy atom. The molecule has 1 saturated heterocycles. The van der Waals surface area contributed by atoms with Gasteiger partial charge < -0.3 is 9.47 Å². The molecule has 0 bridgehead atoms. The molecule has 1 heterocycles. The van der Waals surface area contributed by atoms with Gasteiger partial charge in [-0.2, -0.15) is 0 Å². The smallest absolute Gasteiger partial charge is 0.266 e. The fourth-order valence-corrected chi connectivity index (χ4v) is 4.71. The zero-order chi connectivity index (χ0) is 23.4. The Hall–Kier alpha value is -2.87. The molecule has 1 aliphatic heterocycles. The highest BCUT2D eigenvalue weighted by molar-refractivity contribution is 8.26. The Labute approximate surface area is 206 Å². The quantitative estimate of drug-likeness (QED) is 0.275. The van der Waals surface area contributed by atoms with Gasteiger partial charge in [-0.3, -0.25) is 9.69 Å². The number of hydrogen-bond acceptors (Lipinski definition) is 5. The van der Waals surface area contributed by atoms with E-state index in [2.05, 4.69) is 0 Å². The summed E-state index contributed by atoms with van der Waals surface area (Å²) in [7, 11) is 1.61. The van der Waals surface area contributed by atoms with Crippen LogP contribution in [0.1, 0.15) is 16.7 Å². The molecule has 1 aliphatic rings. The summed E-state index contributed by atoms with van der Waals surface area (Å²) < 4.78 is 24.7. The van der Waals surface area contributed by atoms with Gasteiger partial charge in [-0.1, -0.05) is 65.9 Å². The van der Waals surface area contributed by atoms with Gasteiger partial charge in [-0.15, -0.1) is 0 Å². The van der Waals surface area contributed by atoms with Gasteiger partial charge in [-0.25, -0.2) is 4.39 Å². The van der Waals surface area contributed by atoms with Crippen molar-refractivity contribution in [1.29, 1.82) is 0 Å². The number of benzene rings is 3. The predicted molar refractivity (Wildman–Crippen MR) is 134 cm³/mol. The maximum atomic E-state index is 13.3. The molecule has 1 amide bonds. The molecule has 0 saturated carbocycles. The molecular formula is C25H19ClFNO3S2. The molecule has 0 unspecified atom stereocenters. The number of amides is 1. The minimum atomic E-state index is -0.318. The van der Waals surface area contributed by atoms with Crippen LogP contribution < -0.4 is 9.47 Å². The molecule has 3 aromatic rings. The van der Waals surface area contributed by atoms with Gasteiger partial charge >= 0.3 is 0 Å². The van der Waals surface area contributed by atoms with Crippen molar-refractivity contribution in [3.63, 3.8) is 0 Å². The summed E-state index contributed by atoms with van der Waals surface area (Å²) in [5.41, 5.74) is 2.41. The van der Waals surface area contributed by atoms with E-state index in [0.29, 0.717) is 32.1 Å². The molecule has 4 nitrogen and oxygen atoms in total. The van der Waals surface area contributed by atoms with Crippen LogP contribution in [0.3, 0.4) is 0 Å². The SMILES string of the molecule is COc1ccc(CN2C(=O)C(=Cc3ccc(OCc4cccc(F)c4)c(Cl)c3)SC2=S)cc1. The van der Waals surface area contributed by atoms with Gasteiger partial charge in [0, 0.05) is 0 Å². The van der Waals surface area contributed by atoms with Crippen molar-refractivity contribution in [2.24, 2.45) is 0 Å². The van der Waals surface area contributed by atoms with Crippen LogP contribution >= 0.6 is 35.6 Å². The lowest BCUT2D eigenvalue weighted by molar-refractivity contribution is -0.122. The summed E-state index contributed by atoms with van der Waals surface area (Å²) in [6.07, 6.45) is 1.76. The predicted octanol–water partition coefficient (Wildman–Crippen LogP) is 6.47. The van der Waals surface area contributed by atoms with E-state index in [-0.39, 0.29) is 18.3 Å².